The van der Waals surface area contributed by atoms with Gasteiger partial charge in [0.05, 0.1) is 6.42 Å². The van der Waals surface area contributed by atoms with Crippen molar-refractivity contribution in [2.75, 3.05) is 19.8 Å². The summed E-state index contributed by atoms with van der Waals surface area (Å²) < 4.78 is 5.36. The van der Waals surface area contributed by atoms with Crippen molar-refractivity contribution in [3.8, 4) is 0 Å². The maximum atomic E-state index is 11.8. The predicted octanol–water partition coefficient (Wildman–Crippen LogP) is 3.77. The number of aryl methyl sites for hydroxylation is 2. The molecule has 0 aliphatic rings. The Balaban J connectivity index is 2.53. The molecule has 0 aliphatic heterocycles. The highest BCUT2D eigenvalue weighted by molar-refractivity contribution is 8.13. The number of esters is 1. The Morgan fingerprint density at radius 1 is 1.09 bits per heavy atom. The van der Waals surface area contributed by atoms with Crippen LogP contribution in [0.1, 0.15) is 34.2 Å². The van der Waals surface area contributed by atoms with Gasteiger partial charge in [0.25, 0.3) is 5.24 Å². The molecule has 1 rings (SSSR count). The van der Waals surface area contributed by atoms with Crippen LogP contribution in [0, 0.1) is 27.7 Å². The Bertz CT molecular complexity index is 541. The van der Waals surface area contributed by atoms with E-state index in [0.29, 0.717) is 12.4 Å². The molecule has 22 heavy (non-hydrogen) atoms. The van der Waals surface area contributed by atoms with Crippen LogP contribution in [0.5, 0.6) is 0 Å². The summed E-state index contributed by atoms with van der Waals surface area (Å²) >= 11 is 1.13. The first-order valence-electron chi connectivity index (χ1n) is 7.30. The Kier molecular flexibility index (Phi) is 6.94. The third-order valence-electron chi connectivity index (χ3n) is 3.80. The van der Waals surface area contributed by atoms with Gasteiger partial charge in [-0.15, -0.1) is 0 Å². The fourth-order valence-electron chi connectivity index (χ4n) is 2.09. The van der Waals surface area contributed by atoms with Crippen LogP contribution in [0.4, 0.5) is 4.79 Å². The van der Waals surface area contributed by atoms with Crippen molar-refractivity contribution < 1.29 is 14.3 Å². The first kappa shape index (κ1) is 18.6. The number of ether oxygens (including phenoxy) is 1. The van der Waals surface area contributed by atoms with Gasteiger partial charge in [-0.3, -0.25) is 9.59 Å². The second kappa shape index (κ2) is 8.22. The Labute approximate surface area is 137 Å². The second-order valence-corrected chi connectivity index (χ2v) is 6.70. The van der Waals surface area contributed by atoms with E-state index in [0.717, 1.165) is 17.3 Å². The van der Waals surface area contributed by atoms with E-state index in [1.165, 1.54) is 27.2 Å². The molecule has 0 saturated carbocycles. The summed E-state index contributed by atoms with van der Waals surface area (Å²) in [6.07, 6.45) is 0.243. The van der Waals surface area contributed by atoms with Crippen LogP contribution in [-0.4, -0.2) is 36.0 Å². The molecule has 0 heterocycles. The summed E-state index contributed by atoms with van der Waals surface area (Å²) in [5, 5.41) is -0.0474. The van der Waals surface area contributed by atoms with E-state index in [1.54, 1.807) is 14.1 Å². The molecule has 122 valence electrons. The topological polar surface area (TPSA) is 46.6 Å². The predicted molar refractivity (Wildman–Crippen MR) is 91.3 cm³/mol. The molecule has 0 unspecified atom stereocenters. The highest BCUT2D eigenvalue weighted by atomic mass is 32.2. The van der Waals surface area contributed by atoms with Crippen LogP contribution in [0.25, 0.3) is 0 Å². The zero-order chi connectivity index (χ0) is 16.9. The molecule has 1 aromatic carbocycles. The molecule has 0 bridgehead atoms. The minimum atomic E-state index is -0.267. The molecule has 0 spiro atoms. The fourth-order valence-corrected chi connectivity index (χ4v) is 2.79. The SMILES string of the molecule is Cc1cc(C)c(C)c(COC(=O)CCSC(=O)N(C)C)c1C. The fraction of sp³-hybridized carbons (Fsp3) is 0.529. The van der Waals surface area contributed by atoms with E-state index < -0.39 is 0 Å². The van der Waals surface area contributed by atoms with Crippen LogP contribution < -0.4 is 0 Å². The van der Waals surface area contributed by atoms with Crippen molar-refractivity contribution in [2.24, 2.45) is 0 Å². The van der Waals surface area contributed by atoms with Gasteiger partial charge in [-0.25, -0.2) is 0 Å². The summed E-state index contributed by atoms with van der Waals surface area (Å²) in [7, 11) is 3.39. The second-order valence-electron chi connectivity index (χ2n) is 5.66. The lowest BCUT2D eigenvalue weighted by molar-refractivity contribution is -0.144. The Morgan fingerprint density at radius 2 is 1.64 bits per heavy atom. The molecule has 4 nitrogen and oxygen atoms in total. The highest BCUT2D eigenvalue weighted by Crippen LogP contribution is 2.22. The number of carbonyl (C=O) groups excluding carboxylic acids is 2. The zero-order valence-electron chi connectivity index (χ0n) is 14.3. The zero-order valence-corrected chi connectivity index (χ0v) is 15.1. The molecule has 0 fully saturated rings. The Hall–Kier alpha value is -1.49. The van der Waals surface area contributed by atoms with Gasteiger partial charge in [-0.1, -0.05) is 17.8 Å². The van der Waals surface area contributed by atoms with Gasteiger partial charge in [0.2, 0.25) is 0 Å². The highest BCUT2D eigenvalue weighted by Gasteiger charge is 2.12. The quantitative estimate of drug-likeness (QED) is 0.774. The standard InChI is InChI=1S/C17H25NO3S/c1-11-9-12(2)14(4)15(13(11)3)10-21-16(19)7-8-22-17(20)18(5)6/h9H,7-8,10H2,1-6H3. The van der Waals surface area contributed by atoms with Crippen molar-refractivity contribution in [2.45, 2.75) is 40.7 Å². The molecule has 1 aromatic rings. The van der Waals surface area contributed by atoms with E-state index in [2.05, 4.69) is 33.8 Å². The normalized spacial score (nSPS) is 10.5. The van der Waals surface area contributed by atoms with Crippen molar-refractivity contribution in [3.05, 3.63) is 33.9 Å². The number of hydrogen-bond donors (Lipinski definition) is 0. The van der Waals surface area contributed by atoms with Gasteiger partial charge in [0.1, 0.15) is 6.61 Å². The molecule has 1 amide bonds. The molecule has 5 heteroatoms. The number of benzene rings is 1. The minimum Gasteiger partial charge on any atom is -0.461 e. The lowest BCUT2D eigenvalue weighted by Gasteiger charge is -2.15. The number of amides is 1. The molecule has 0 radical (unpaired) electrons. The van der Waals surface area contributed by atoms with Gasteiger partial charge < -0.3 is 9.64 Å². The van der Waals surface area contributed by atoms with E-state index in [-0.39, 0.29) is 17.6 Å². The number of rotatable bonds is 5. The summed E-state index contributed by atoms with van der Waals surface area (Å²) in [4.78, 5) is 24.7. The van der Waals surface area contributed by atoms with Crippen LogP contribution >= 0.6 is 11.8 Å². The Morgan fingerprint density at radius 3 is 2.14 bits per heavy atom. The van der Waals surface area contributed by atoms with Crippen molar-refractivity contribution in [1.82, 2.24) is 4.90 Å². The van der Waals surface area contributed by atoms with Crippen LogP contribution in [0.3, 0.4) is 0 Å². The maximum absolute atomic E-state index is 11.8. The van der Waals surface area contributed by atoms with E-state index in [4.69, 9.17) is 4.74 Å². The maximum Gasteiger partial charge on any atom is 0.306 e. The average Bonchev–Trinajstić information content (AvgIpc) is 2.45. The third-order valence-corrected chi connectivity index (χ3v) is 4.82. The number of thioether (sulfide) groups is 1. The molecular formula is C17H25NO3S. The number of hydrogen-bond acceptors (Lipinski definition) is 4. The molecule has 0 aliphatic carbocycles. The van der Waals surface area contributed by atoms with Gasteiger partial charge in [-0.2, -0.15) is 0 Å². The summed E-state index contributed by atoms with van der Waals surface area (Å²) in [5.74, 6) is 0.178. The first-order chi connectivity index (χ1) is 10.2. The first-order valence-corrected chi connectivity index (χ1v) is 8.28. The largest absolute Gasteiger partial charge is 0.461 e. The molecule has 0 atom stereocenters. The van der Waals surface area contributed by atoms with E-state index >= 15 is 0 Å². The van der Waals surface area contributed by atoms with Crippen LogP contribution in [0.15, 0.2) is 6.07 Å². The van der Waals surface area contributed by atoms with Crippen molar-refractivity contribution in [3.63, 3.8) is 0 Å². The third kappa shape index (κ3) is 5.05. The minimum absolute atomic E-state index is 0.0474. The summed E-state index contributed by atoms with van der Waals surface area (Å²) in [6.45, 7) is 8.53. The molecule has 0 saturated heterocycles. The van der Waals surface area contributed by atoms with E-state index in [1.807, 2.05) is 0 Å². The van der Waals surface area contributed by atoms with E-state index in [9.17, 15) is 9.59 Å². The lowest BCUT2D eigenvalue weighted by Crippen LogP contribution is -2.17. The lowest BCUT2D eigenvalue weighted by atomic mass is 9.95. The molecule has 0 aromatic heterocycles. The van der Waals surface area contributed by atoms with Gasteiger partial charge in [0, 0.05) is 19.8 Å². The monoisotopic (exact) mass is 323 g/mol. The number of carbonyl (C=O) groups is 2. The van der Waals surface area contributed by atoms with Crippen LogP contribution in [0.2, 0.25) is 0 Å². The van der Waals surface area contributed by atoms with Crippen molar-refractivity contribution >= 4 is 23.0 Å². The van der Waals surface area contributed by atoms with Gasteiger partial charge in [0.15, 0.2) is 0 Å². The molecular weight excluding hydrogens is 298 g/mol. The summed E-state index contributed by atoms with van der Waals surface area (Å²) in [5.41, 5.74) is 5.85. The van der Waals surface area contributed by atoms with Crippen molar-refractivity contribution in [1.29, 1.82) is 0 Å². The summed E-state index contributed by atoms with van der Waals surface area (Å²) in [6, 6.07) is 2.15. The number of nitrogens with zero attached hydrogens (tertiary/aromatic N) is 1. The molecule has 0 N–H and O–H groups in total. The van der Waals surface area contributed by atoms with Gasteiger partial charge >= 0.3 is 5.97 Å². The average molecular weight is 323 g/mol. The van der Waals surface area contributed by atoms with Crippen LogP contribution in [-0.2, 0) is 16.1 Å². The smallest absolute Gasteiger partial charge is 0.306 e. The van der Waals surface area contributed by atoms with Gasteiger partial charge in [-0.05, 0) is 55.5 Å².